The summed E-state index contributed by atoms with van der Waals surface area (Å²) in [4.78, 5) is 26.4. The fraction of sp³-hybridized carbons (Fsp3) is 0.167. The summed E-state index contributed by atoms with van der Waals surface area (Å²) in [5.41, 5.74) is 0.584. The van der Waals surface area contributed by atoms with Gasteiger partial charge in [-0.25, -0.2) is 0 Å². The molecule has 2 amide bonds. The van der Waals surface area contributed by atoms with Crippen molar-refractivity contribution in [3.63, 3.8) is 0 Å². The Bertz CT molecular complexity index is 1020. The van der Waals surface area contributed by atoms with E-state index in [1.165, 1.54) is 11.3 Å². The molecular weight excluding hydrogens is 412 g/mol. The van der Waals surface area contributed by atoms with Gasteiger partial charge in [-0.3, -0.25) is 9.59 Å². The van der Waals surface area contributed by atoms with E-state index < -0.39 is 0 Å². The maximum Gasteiger partial charge on any atom is 0.268 e. The summed E-state index contributed by atoms with van der Waals surface area (Å²) in [5.74, 6) is 0.606. The fourth-order valence-electron chi connectivity index (χ4n) is 2.69. The second kappa shape index (κ2) is 11.0. The summed E-state index contributed by atoms with van der Waals surface area (Å²) < 4.78 is 10.8. The molecule has 0 saturated heterocycles. The van der Waals surface area contributed by atoms with Crippen LogP contribution in [0.15, 0.2) is 77.8 Å². The molecule has 1 aromatic heterocycles. The van der Waals surface area contributed by atoms with E-state index in [9.17, 15) is 9.59 Å². The Labute approximate surface area is 185 Å². The van der Waals surface area contributed by atoms with Crippen LogP contribution in [0.1, 0.15) is 22.2 Å². The number of benzene rings is 2. The second-order valence-electron chi connectivity index (χ2n) is 6.75. The molecule has 0 spiro atoms. The molecule has 0 aliphatic carbocycles. The van der Waals surface area contributed by atoms with Crippen LogP contribution in [-0.2, 0) is 4.79 Å². The molecule has 0 bridgehead atoms. The molecule has 7 heteroatoms. The summed E-state index contributed by atoms with van der Waals surface area (Å²) in [6.07, 6.45) is 1.66. The predicted octanol–water partition coefficient (Wildman–Crippen LogP) is 4.11. The molecule has 0 aliphatic heterocycles. The van der Waals surface area contributed by atoms with Gasteiger partial charge < -0.3 is 20.1 Å². The highest BCUT2D eigenvalue weighted by molar-refractivity contribution is 7.10. The van der Waals surface area contributed by atoms with Gasteiger partial charge in [-0.1, -0.05) is 24.3 Å². The molecule has 31 heavy (non-hydrogen) atoms. The third kappa shape index (κ3) is 6.72. The zero-order valence-corrected chi connectivity index (χ0v) is 18.1. The SMILES string of the molecule is COc1ccc(C(=O)N/C(=C\c2cccs2)C(=O)N[C@@H](C)COc2ccccc2)cc1. The molecule has 160 valence electrons. The topological polar surface area (TPSA) is 76.7 Å². The number of carbonyl (C=O) groups is 2. The van der Waals surface area contributed by atoms with Crippen LogP contribution >= 0.6 is 11.3 Å². The van der Waals surface area contributed by atoms with E-state index in [1.54, 1.807) is 37.5 Å². The standard InChI is InChI=1S/C24H24N2O4S/c1-17(16-30-20-7-4-3-5-8-20)25-24(28)22(15-21-9-6-14-31-21)26-23(27)18-10-12-19(29-2)13-11-18/h3-15,17H,16H2,1-2H3,(H,25,28)(H,26,27)/b22-15-/t17-/m0/s1. The van der Waals surface area contributed by atoms with Crippen LogP contribution < -0.4 is 20.1 Å². The Balaban J connectivity index is 1.67. The maximum atomic E-state index is 12.9. The number of rotatable bonds is 9. The first kappa shape index (κ1) is 22.1. The molecule has 2 N–H and O–H groups in total. The average Bonchev–Trinajstić information content (AvgIpc) is 3.31. The molecule has 3 aromatic rings. The Hall–Kier alpha value is -3.58. The highest BCUT2D eigenvalue weighted by atomic mass is 32.1. The van der Waals surface area contributed by atoms with Gasteiger partial charge in [0.2, 0.25) is 0 Å². The lowest BCUT2D eigenvalue weighted by molar-refractivity contribution is -0.118. The quantitative estimate of drug-likeness (QED) is 0.495. The number of amides is 2. The van der Waals surface area contributed by atoms with Crippen molar-refractivity contribution in [1.29, 1.82) is 0 Å². The van der Waals surface area contributed by atoms with Gasteiger partial charge in [-0.15, -0.1) is 11.3 Å². The number of methoxy groups -OCH3 is 1. The van der Waals surface area contributed by atoms with E-state index in [4.69, 9.17) is 9.47 Å². The maximum absolute atomic E-state index is 12.9. The molecular formula is C24H24N2O4S. The summed E-state index contributed by atoms with van der Waals surface area (Å²) >= 11 is 1.47. The van der Waals surface area contributed by atoms with E-state index in [0.717, 1.165) is 10.6 Å². The largest absolute Gasteiger partial charge is 0.497 e. The summed E-state index contributed by atoms with van der Waals surface area (Å²) in [7, 11) is 1.56. The minimum absolute atomic E-state index is 0.162. The van der Waals surface area contributed by atoms with Crippen molar-refractivity contribution < 1.29 is 19.1 Å². The van der Waals surface area contributed by atoms with Crippen molar-refractivity contribution in [3.8, 4) is 11.5 Å². The van der Waals surface area contributed by atoms with Crippen LogP contribution in [0.25, 0.3) is 6.08 Å². The number of ether oxygens (including phenoxy) is 2. The second-order valence-corrected chi connectivity index (χ2v) is 7.73. The van der Waals surface area contributed by atoms with Gasteiger partial charge in [0.1, 0.15) is 23.8 Å². The highest BCUT2D eigenvalue weighted by Crippen LogP contribution is 2.15. The first-order valence-electron chi connectivity index (χ1n) is 9.74. The third-order valence-corrected chi connectivity index (χ3v) is 5.11. The number of carbonyl (C=O) groups excluding carboxylic acids is 2. The van der Waals surface area contributed by atoms with Gasteiger partial charge >= 0.3 is 0 Å². The van der Waals surface area contributed by atoms with Gasteiger partial charge in [0.05, 0.1) is 13.2 Å². The van der Waals surface area contributed by atoms with Crippen molar-refractivity contribution in [2.45, 2.75) is 13.0 Å². The molecule has 1 atom stereocenters. The molecule has 2 aromatic carbocycles. The van der Waals surface area contributed by atoms with Gasteiger partial charge in [-0.05, 0) is 60.8 Å². The minimum Gasteiger partial charge on any atom is -0.497 e. The Morgan fingerprint density at radius 2 is 1.74 bits per heavy atom. The van der Waals surface area contributed by atoms with Gasteiger partial charge in [0.25, 0.3) is 11.8 Å². The molecule has 0 radical (unpaired) electrons. The van der Waals surface area contributed by atoms with E-state index in [-0.39, 0.29) is 23.6 Å². The summed E-state index contributed by atoms with van der Waals surface area (Å²) in [6, 6.07) is 19.6. The minimum atomic E-state index is -0.389. The van der Waals surface area contributed by atoms with Gasteiger partial charge in [0.15, 0.2) is 0 Å². The third-order valence-electron chi connectivity index (χ3n) is 4.30. The molecule has 0 fully saturated rings. The van der Waals surface area contributed by atoms with E-state index >= 15 is 0 Å². The fourth-order valence-corrected chi connectivity index (χ4v) is 3.35. The molecule has 0 aliphatic rings. The molecule has 6 nitrogen and oxygen atoms in total. The number of thiophene rings is 1. The monoisotopic (exact) mass is 436 g/mol. The Morgan fingerprint density at radius 3 is 2.39 bits per heavy atom. The Kier molecular flexibility index (Phi) is 7.84. The lowest BCUT2D eigenvalue weighted by atomic mass is 10.2. The summed E-state index contributed by atoms with van der Waals surface area (Å²) in [6.45, 7) is 2.14. The number of para-hydroxylation sites is 1. The number of hydrogen-bond acceptors (Lipinski definition) is 5. The molecule has 0 saturated carbocycles. The lowest BCUT2D eigenvalue weighted by Gasteiger charge is -2.17. The van der Waals surface area contributed by atoms with Crippen LogP contribution in [0.4, 0.5) is 0 Å². The molecule has 1 heterocycles. The first-order chi connectivity index (χ1) is 15.0. The predicted molar refractivity (Wildman–Crippen MR) is 122 cm³/mol. The van der Waals surface area contributed by atoms with E-state index in [0.29, 0.717) is 17.9 Å². The van der Waals surface area contributed by atoms with Crippen molar-refractivity contribution in [2.24, 2.45) is 0 Å². The number of hydrogen-bond donors (Lipinski definition) is 2. The van der Waals surface area contributed by atoms with Gasteiger partial charge in [0, 0.05) is 10.4 Å². The van der Waals surface area contributed by atoms with Crippen molar-refractivity contribution in [3.05, 3.63) is 88.2 Å². The van der Waals surface area contributed by atoms with Crippen LogP contribution in [0, 0.1) is 0 Å². The van der Waals surface area contributed by atoms with E-state index in [2.05, 4.69) is 10.6 Å². The lowest BCUT2D eigenvalue weighted by Crippen LogP contribution is -2.41. The zero-order chi connectivity index (χ0) is 22.1. The van der Waals surface area contributed by atoms with Gasteiger partial charge in [-0.2, -0.15) is 0 Å². The smallest absolute Gasteiger partial charge is 0.268 e. The van der Waals surface area contributed by atoms with Crippen LogP contribution in [0.3, 0.4) is 0 Å². The summed E-state index contributed by atoms with van der Waals surface area (Å²) in [5, 5.41) is 7.50. The normalized spacial score (nSPS) is 12.0. The highest BCUT2D eigenvalue weighted by Gasteiger charge is 2.17. The molecule has 0 unspecified atom stereocenters. The first-order valence-corrected chi connectivity index (χ1v) is 10.6. The van der Waals surface area contributed by atoms with Crippen LogP contribution in [-0.4, -0.2) is 31.6 Å². The zero-order valence-electron chi connectivity index (χ0n) is 17.3. The average molecular weight is 437 g/mol. The van der Waals surface area contributed by atoms with Crippen LogP contribution in [0.2, 0.25) is 0 Å². The molecule has 3 rings (SSSR count). The van der Waals surface area contributed by atoms with E-state index in [1.807, 2.05) is 54.8 Å². The van der Waals surface area contributed by atoms with Crippen molar-refractivity contribution in [1.82, 2.24) is 10.6 Å². The Morgan fingerprint density at radius 1 is 1.00 bits per heavy atom. The van der Waals surface area contributed by atoms with Crippen molar-refractivity contribution in [2.75, 3.05) is 13.7 Å². The van der Waals surface area contributed by atoms with Crippen LogP contribution in [0.5, 0.6) is 11.5 Å². The van der Waals surface area contributed by atoms with Crippen molar-refractivity contribution >= 4 is 29.2 Å². The number of nitrogens with one attached hydrogen (secondary N) is 2.